The van der Waals surface area contributed by atoms with Crippen LogP contribution in [0.1, 0.15) is 0 Å². The summed E-state index contributed by atoms with van der Waals surface area (Å²) in [4.78, 5) is 16.2. The molecule has 0 N–H and O–H groups in total. The first kappa shape index (κ1) is 35.8. The predicted octanol–water partition coefficient (Wildman–Crippen LogP) is 16.4. The highest BCUT2D eigenvalue weighted by Crippen LogP contribution is 2.45. The zero-order chi connectivity index (χ0) is 43.0. The second-order valence-electron chi connectivity index (χ2n) is 17.1. The normalized spacial score (nSPS) is 12.2. The fourth-order valence-electron chi connectivity index (χ4n) is 10.5. The first-order valence-corrected chi connectivity index (χ1v) is 22.9. The minimum absolute atomic E-state index is 0.527. The van der Waals surface area contributed by atoms with Crippen LogP contribution in [0.3, 0.4) is 0 Å². The van der Waals surface area contributed by atoms with Gasteiger partial charge in [-0.05, 0) is 70.8 Å². The number of nitrogens with zero attached hydrogens (tertiary/aromatic N) is 4. The number of aromatic nitrogens is 4. The summed E-state index contributed by atoms with van der Waals surface area (Å²) in [5, 5.41) is 13.8. The highest BCUT2D eigenvalue weighted by atomic mass is 32.1. The minimum atomic E-state index is 0.527. The summed E-state index contributed by atoms with van der Waals surface area (Å²) in [6.45, 7) is 0. The van der Waals surface area contributed by atoms with Crippen LogP contribution in [-0.2, 0) is 0 Å². The minimum Gasteiger partial charge on any atom is -0.456 e. The SMILES string of the molecule is c1ccc2c(c1)ccc1c2ccc2c3ccccc3n(-c3cc(-c4nc(-c5ccc6c(c5)oc5ccccc56)nc(-c5cccc6c5oc5ccccc56)n4)c4sc5ccccc5c4c3)c12. The summed E-state index contributed by atoms with van der Waals surface area (Å²) < 4.78 is 17.8. The van der Waals surface area contributed by atoms with E-state index in [2.05, 4.69) is 162 Å². The molecule has 306 valence electrons. The van der Waals surface area contributed by atoms with Crippen LogP contribution in [0.25, 0.3) is 147 Å². The third-order valence-electron chi connectivity index (χ3n) is 13.4. The maximum Gasteiger partial charge on any atom is 0.167 e. The van der Waals surface area contributed by atoms with Gasteiger partial charge in [-0.15, -0.1) is 11.3 Å². The van der Waals surface area contributed by atoms with Crippen molar-refractivity contribution in [1.29, 1.82) is 0 Å². The number of thiophene rings is 1. The molecule has 10 aromatic carbocycles. The third-order valence-corrected chi connectivity index (χ3v) is 14.7. The molecule has 0 saturated carbocycles. The van der Waals surface area contributed by atoms with Gasteiger partial charge in [-0.2, -0.15) is 0 Å². The molecule has 15 aromatic rings. The molecule has 5 heterocycles. The van der Waals surface area contributed by atoms with E-state index in [1.165, 1.54) is 42.4 Å². The Morgan fingerprint density at radius 1 is 0.379 bits per heavy atom. The maximum atomic E-state index is 6.63. The molecule has 0 fully saturated rings. The lowest BCUT2D eigenvalue weighted by molar-refractivity contribution is 0.668. The highest BCUT2D eigenvalue weighted by Gasteiger charge is 2.23. The molecule has 0 saturated heterocycles. The molecule has 0 aliphatic heterocycles. The third kappa shape index (κ3) is 5.08. The van der Waals surface area contributed by atoms with Gasteiger partial charge < -0.3 is 13.4 Å². The van der Waals surface area contributed by atoms with E-state index < -0.39 is 0 Å². The summed E-state index contributed by atoms with van der Waals surface area (Å²) in [6, 6.07) is 68.6. The Hall–Kier alpha value is -8.65. The van der Waals surface area contributed by atoms with E-state index in [4.69, 9.17) is 23.8 Å². The van der Waals surface area contributed by atoms with Crippen LogP contribution in [0.2, 0.25) is 0 Å². The molecule has 5 aromatic heterocycles. The largest absolute Gasteiger partial charge is 0.456 e. The molecule has 0 radical (unpaired) electrons. The van der Waals surface area contributed by atoms with Crippen LogP contribution in [-0.4, -0.2) is 19.5 Å². The van der Waals surface area contributed by atoms with Crippen molar-refractivity contribution < 1.29 is 8.83 Å². The molecule has 6 nitrogen and oxygen atoms in total. The Balaban J connectivity index is 1.05. The summed E-state index contributed by atoms with van der Waals surface area (Å²) >= 11 is 1.77. The molecule has 0 spiro atoms. The summed E-state index contributed by atoms with van der Waals surface area (Å²) in [5.41, 5.74) is 9.03. The van der Waals surface area contributed by atoms with Gasteiger partial charge in [-0.25, -0.2) is 15.0 Å². The van der Waals surface area contributed by atoms with Gasteiger partial charge in [-0.3, -0.25) is 0 Å². The van der Waals surface area contributed by atoms with Crippen LogP contribution < -0.4 is 0 Å². The fourth-order valence-corrected chi connectivity index (χ4v) is 11.7. The monoisotopic (exact) mass is 860 g/mol. The van der Waals surface area contributed by atoms with Gasteiger partial charge in [-0.1, -0.05) is 140 Å². The standard InChI is InChI=1S/C59H32N4O2S/c1-2-13-36-33(12-1)24-27-43-37(36)28-29-44-38-14-3-7-20-49(38)63(54(43)44)35-31-47-42-17-6-10-23-53(42)66-56(47)48(32-35)59-61-57(34-25-26-41-39-15-4-8-21-50(39)64-52(41)30-34)60-58(62-59)46-19-11-18-45-40-16-5-9-22-51(40)65-55(45)46/h1-32H. The van der Waals surface area contributed by atoms with Gasteiger partial charge in [0.25, 0.3) is 0 Å². The number of furan rings is 2. The average molecular weight is 861 g/mol. The first-order chi connectivity index (χ1) is 32.7. The van der Waals surface area contributed by atoms with Crippen molar-refractivity contribution in [3.8, 4) is 39.9 Å². The maximum absolute atomic E-state index is 6.63. The smallest absolute Gasteiger partial charge is 0.167 e. The summed E-state index contributed by atoms with van der Waals surface area (Å²) in [5.74, 6) is 1.64. The van der Waals surface area contributed by atoms with Gasteiger partial charge >= 0.3 is 0 Å². The number of benzene rings is 10. The molecular weight excluding hydrogens is 829 g/mol. The van der Waals surface area contributed by atoms with E-state index in [9.17, 15) is 0 Å². The van der Waals surface area contributed by atoms with Crippen LogP contribution in [0.4, 0.5) is 0 Å². The first-order valence-electron chi connectivity index (χ1n) is 22.1. The van der Waals surface area contributed by atoms with E-state index in [-0.39, 0.29) is 0 Å². The van der Waals surface area contributed by atoms with Crippen molar-refractivity contribution in [2.75, 3.05) is 0 Å². The topological polar surface area (TPSA) is 69.9 Å². The molecule has 0 aliphatic rings. The van der Waals surface area contributed by atoms with Crippen LogP contribution in [0.5, 0.6) is 0 Å². The molecule has 0 atom stereocenters. The molecule has 15 rings (SSSR count). The highest BCUT2D eigenvalue weighted by molar-refractivity contribution is 7.26. The van der Waals surface area contributed by atoms with Gasteiger partial charge in [0, 0.05) is 74.7 Å². The predicted molar refractivity (Wildman–Crippen MR) is 273 cm³/mol. The fraction of sp³-hybridized carbons (Fsp3) is 0. The van der Waals surface area contributed by atoms with Crippen molar-refractivity contribution in [2.45, 2.75) is 0 Å². The molecule has 0 aliphatic carbocycles. The Bertz CT molecular complexity index is 4550. The second kappa shape index (κ2) is 13.4. The zero-order valence-electron chi connectivity index (χ0n) is 35.0. The molecule has 0 bridgehead atoms. The van der Waals surface area contributed by atoms with Gasteiger partial charge in [0.1, 0.15) is 22.3 Å². The lowest BCUT2D eigenvalue weighted by Crippen LogP contribution is -2.02. The van der Waals surface area contributed by atoms with E-state index in [1.54, 1.807) is 11.3 Å². The van der Waals surface area contributed by atoms with Crippen LogP contribution in [0, 0.1) is 0 Å². The van der Waals surface area contributed by atoms with Crippen LogP contribution in [0.15, 0.2) is 203 Å². The van der Waals surface area contributed by atoms with Crippen molar-refractivity contribution in [1.82, 2.24) is 19.5 Å². The number of hydrogen-bond acceptors (Lipinski definition) is 6. The number of fused-ring (bicyclic) bond motifs is 16. The quantitative estimate of drug-likeness (QED) is 0.165. The Kier molecular flexibility index (Phi) is 7.28. The molecule has 66 heavy (non-hydrogen) atoms. The molecule has 0 amide bonds. The number of rotatable bonds is 4. The van der Waals surface area contributed by atoms with E-state index >= 15 is 0 Å². The van der Waals surface area contributed by atoms with Crippen molar-refractivity contribution >= 4 is 119 Å². The van der Waals surface area contributed by atoms with Crippen molar-refractivity contribution in [3.63, 3.8) is 0 Å². The lowest BCUT2D eigenvalue weighted by atomic mass is 9.99. The average Bonchev–Trinajstić information content (AvgIpc) is 4.14. The number of hydrogen-bond donors (Lipinski definition) is 0. The van der Waals surface area contributed by atoms with E-state index in [1.807, 2.05) is 36.4 Å². The van der Waals surface area contributed by atoms with E-state index in [0.717, 1.165) is 87.4 Å². The van der Waals surface area contributed by atoms with Crippen molar-refractivity contribution in [2.24, 2.45) is 0 Å². The van der Waals surface area contributed by atoms with Crippen LogP contribution >= 0.6 is 11.3 Å². The molecule has 7 heteroatoms. The molecule has 0 unspecified atom stereocenters. The Labute approximate surface area is 379 Å². The van der Waals surface area contributed by atoms with Gasteiger partial charge in [0.15, 0.2) is 17.5 Å². The lowest BCUT2D eigenvalue weighted by Gasteiger charge is -2.14. The number of para-hydroxylation sites is 4. The Morgan fingerprint density at radius 2 is 1.00 bits per heavy atom. The summed E-state index contributed by atoms with van der Waals surface area (Å²) in [7, 11) is 0. The van der Waals surface area contributed by atoms with Crippen molar-refractivity contribution in [3.05, 3.63) is 194 Å². The van der Waals surface area contributed by atoms with Gasteiger partial charge in [0.05, 0.1) is 16.6 Å². The second-order valence-corrected chi connectivity index (χ2v) is 18.1. The van der Waals surface area contributed by atoms with Gasteiger partial charge in [0.2, 0.25) is 0 Å². The summed E-state index contributed by atoms with van der Waals surface area (Å²) in [6.07, 6.45) is 0. The zero-order valence-corrected chi connectivity index (χ0v) is 35.8. The van der Waals surface area contributed by atoms with E-state index in [0.29, 0.717) is 17.5 Å². The Morgan fingerprint density at radius 3 is 1.88 bits per heavy atom. The molecular formula is C59H32N4O2S.